The molecule has 9 nitrogen and oxygen atoms in total. The topological polar surface area (TPSA) is 119 Å². The molecule has 3 fully saturated rings. The molecule has 3 aliphatic rings. The summed E-state index contributed by atoms with van der Waals surface area (Å²) in [6, 6.07) is 9.34. The number of hydrogen-bond donors (Lipinski definition) is 3. The summed E-state index contributed by atoms with van der Waals surface area (Å²) in [5, 5.41) is 19.1. The van der Waals surface area contributed by atoms with E-state index in [9.17, 15) is 24.7 Å². The van der Waals surface area contributed by atoms with E-state index in [1.54, 1.807) is 10.4 Å². The predicted molar refractivity (Wildman–Crippen MR) is 109 cm³/mol. The number of hydroxylamine groups is 1. The van der Waals surface area contributed by atoms with E-state index in [1.807, 2.05) is 18.2 Å². The number of carbonyl (C=O) groups excluding carboxylic acids is 2. The van der Waals surface area contributed by atoms with Crippen molar-refractivity contribution in [3.8, 4) is 0 Å². The standard InChI is InChI=1S/C22H29N3O6/c26-20(23-30)18-17(7-10-25(22(28)29)19(18)16-8-11-31-13-16)21(27)24-9-6-15(12-24)14-4-2-1-3-5-14/h1-5,15-19,30H,6-13H2,(H,23,26)(H,28,29)/t15-,16?,17-,18+,19?/m0/s1. The number of hydrogen-bond acceptors (Lipinski definition) is 5. The Hall–Kier alpha value is -2.65. The van der Waals surface area contributed by atoms with Crippen LogP contribution in [-0.4, -0.2) is 76.9 Å². The minimum absolute atomic E-state index is 0.138. The predicted octanol–water partition coefficient (Wildman–Crippen LogP) is 1.53. The first kappa shape index (κ1) is 21.6. The van der Waals surface area contributed by atoms with Crippen molar-refractivity contribution in [2.45, 2.75) is 31.2 Å². The third kappa shape index (κ3) is 4.24. The van der Waals surface area contributed by atoms with Crippen molar-refractivity contribution < 1.29 is 29.4 Å². The Labute approximate surface area is 180 Å². The van der Waals surface area contributed by atoms with Crippen molar-refractivity contribution in [3.05, 3.63) is 35.9 Å². The number of carbonyl (C=O) groups is 3. The summed E-state index contributed by atoms with van der Waals surface area (Å²) in [4.78, 5) is 41.2. The van der Waals surface area contributed by atoms with Gasteiger partial charge in [0.05, 0.1) is 24.5 Å². The van der Waals surface area contributed by atoms with E-state index in [1.165, 1.54) is 10.5 Å². The van der Waals surface area contributed by atoms with Crippen molar-refractivity contribution in [3.63, 3.8) is 0 Å². The molecule has 3 heterocycles. The molecule has 3 amide bonds. The highest BCUT2D eigenvalue weighted by Gasteiger charge is 2.51. The highest BCUT2D eigenvalue weighted by Crippen LogP contribution is 2.39. The number of likely N-dealkylation sites (tertiary alicyclic amines) is 2. The van der Waals surface area contributed by atoms with Crippen molar-refractivity contribution >= 4 is 17.9 Å². The van der Waals surface area contributed by atoms with Gasteiger partial charge < -0.3 is 19.6 Å². The molecule has 0 spiro atoms. The molecule has 3 saturated heterocycles. The van der Waals surface area contributed by atoms with Crippen LogP contribution in [-0.2, 0) is 14.3 Å². The molecule has 0 aliphatic carbocycles. The Morgan fingerprint density at radius 1 is 1.06 bits per heavy atom. The average Bonchev–Trinajstić information content (AvgIpc) is 3.50. The summed E-state index contributed by atoms with van der Waals surface area (Å²) in [6.45, 7) is 2.18. The van der Waals surface area contributed by atoms with E-state index >= 15 is 0 Å². The van der Waals surface area contributed by atoms with Gasteiger partial charge in [-0.05, 0) is 24.8 Å². The highest BCUT2D eigenvalue weighted by atomic mass is 16.5. The molecule has 0 bridgehead atoms. The molecule has 1 aromatic rings. The quantitative estimate of drug-likeness (QED) is 0.491. The number of nitrogens with one attached hydrogen (secondary N) is 1. The lowest BCUT2D eigenvalue weighted by Crippen LogP contribution is -2.61. The molecule has 0 aromatic heterocycles. The van der Waals surface area contributed by atoms with E-state index in [0.717, 1.165) is 6.42 Å². The number of rotatable bonds is 4. The van der Waals surface area contributed by atoms with Crippen LogP contribution in [0, 0.1) is 17.8 Å². The van der Waals surface area contributed by atoms with E-state index in [0.29, 0.717) is 32.7 Å². The average molecular weight is 431 g/mol. The summed E-state index contributed by atoms with van der Waals surface area (Å²) in [7, 11) is 0. The molecule has 168 valence electrons. The van der Waals surface area contributed by atoms with Crippen LogP contribution in [0.4, 0.5) is 4.79 Å². The van der Waals surface area contributed by atoms with Crippen molar-refractivity contribution in [1.29, 1.82) is 0 Å². The van der Waals surface area contributed by atoms with Crippen molar-refractivity contribution in [2.24, 2.45) is 17.8 Å². The Kier molecular flexibility index (Phi) is 6.43. The SMILES string of the molecule is O=C(NO)[C@H]1C(C2CCOC2)N(C(=O)O)CC[C@@H]1C(=O)N1CC[C@H](c2ccccc2)C1. The van der Waals surface area contributed by atoms with Gasteiger partial charge in [0.15, 0.2) is 0 Å². The summed E-state index contributed by atoms with van der Waals surface area (Å²) in [5.41, 5.74) is 2.87. The summed E-state index contributed by atoms with van der Waals surface area (Å²) in [6.07, 6.45) is 0.592. The number of amides is 3. The minimum atomic E-state index is -1.12. The number of nitrogens with zero attached hydrogens (tertiary/aromatic N) is 2. The van der Waals surface area contributed by atoms with E-state index < -0.39 is 29.9 Å². The number of piperidine rings is 1. The Bertz CT molecular complexity index is 813. The molecule has 31 heavy (non-hydrogen) atoms. The van der Waals surface area contributed by atoms with Gasteiger partial charge in [-0.2, -0.15) is 0 Å². The Morgan fingerprint density at radius 3 is 2.48 bits per heavy atom. The fraction of sp³-hybridized carbons (Fsp3) is 0.591. The van der Waals surface area contributed by atoms with Crippen LogP contribution in [0.2, 0.25) is 0 Å². The molecular weight excluding hydrogens is 402 g/mol. The molecule has 3 N–H and O–H groups in total. The normalized spacial score (nSPS) is 30.9. The first-order chi connectivity index (χ1) is 15.0. The van der Waals surface area contributed by atoms with E-state index in [4.69, 9.17) is 4.74 Å². The summed E-state index contributed by atoms with van der Waals surface area (Å²) >= 11 is 0. The lowest BCUT2D eigenvalue weighted by molar-refractivity contribution is -0.151. The van der Waals surface area contributed by atoms with Gasteiger partial charge >= 0.3 is 6.09 Å². The number of ether oxygens (including phenoxy) is 1. The number of carboxylic acid groups (broad SMARTS) is 1. The molecule has 4 rings (SSSR count). The monoisotopic (exact) mass is 431 g/mol. The first-order valence-corrected chi connectivity index (χ1v) is 10.9. The molecular formula is C22H29N3O6. The van der Waals surface area contributed by atoms with Gasteiger partial charge in [-0.1, -0.05) is 30.3 Å². The molecule has 5 atom stereocenters. The van der Waals surface area contributed by atoms with Gasteiger partial charge in [0.1, 0.15) is 0 Å². The van der Waals surface area contributed by atoms with Gasteiger partial charge in [-0.25, -0.2) is 10.3 Å². The molecule has 2 unspecified atom stereocenters. The van der Waals surface area contributed by atoms with Crippen molar-refractivity contribution in [2.75, 3.05) is 32.8 Å². The number of benzene rings is 1. The van der Waals surface area contributed by atoms with Crippen LogP contribution < -0.4 is 5.48 Å². The summed E-state index contributed by atoms with van der Waals surface area (Å²) < 4.78 is 5.45. The van der Waals surface area contributed by atoms with Crippen LogP contribution in [0.5, 0.6) is 0 Å². The van der Waals surface area contributed by atoms with E-state index in [2.05, 4.69) is 12.1 Å². The van der Waals surface area contributed by atoms with Gasteiger partial charge in [0.25, 0.3) is 0 Å². The zero-order valence-corrected chi connectivity index (χ0v) is 17.4. The smallest absolute Gasteiger partial charge is 0.407 e. The van der Waals surface area contributed by atoms with Crippen LogP contribution >= 0.6 is 0 Å². The maximum atomic E-state index is 13.5. The minimum Gasteiger partial charge on any atom is -0.465 e. The van der Waals surface area contributed by atoms with Crippen LogP contribution in [0.15, 0.2) is 30.3 Å². The molecule has 1 aromatic carbocycles. The van der Waals surface area contributed by atoms with Crippen LogP contribution in [0.25, 0.3) is 0 Å². The largest absolute Gasteiger partial charge is 0.465 e. The van der Waals surface area contributed by atoms with E-state index in [-0.39, 0.29) is 30.7 Å². The lowest BCUT2D eigenvalue weighted by Gasteiger charge is -2.45. The maximum absolute atomic E-state index is 13.5. The zero-order valence-electron chi connectivity index (χ0n) is 17.4. The van der Waals surface area contributed by atoms with Gasteiger partial charge in [-0.15, -0.1) is 0 Å². The second-order valence-electron chi connectivity index (χ2n) is 8.67. The Balaban J connectivity index is 1.56. The Morgan fingerprint density at radius 2 is 1.84 bits per heavy atom. The second kappa shape index (κ2) is 9.23. The van der Waals surface area contributed by atoms with Crippen LogP contribution in [0.1, 0.15) is 30.7 Å². The highest BCUT2D eigenvalue weighted by molar-refractivity contribution is 5.89. The fourth-order valence-corrected chi connectivity index (χ4v) is 5.51. The summed E-state index contributed by atoms with van der Waals surface area (Å²) in [5.74, 6) is -2.42. The molecule has 3 aliphatic heterocycles. The maximum Gasteiger partial charge on any atom is 0.407 e. The van der Waals surface area contributed by atoms with Gasteiger partial charge in [0.2, 0.25) is 11.8 Å². The van der Waals surface area contributed by atoms with Crippen LogP contribution in [0.3, 0.4) is 0 Å². The second-order valence-corrected chi connectivity index (χ2v) is 8.67. The fourth-order valence-electron chi connectivity index (χ4n) is 5.51. The zero-order chi connectivity index (χ0) is 22.0. The molecule has 0 saturated carbocycles. The third-order valence-electron chi connectivity index (χ3n) is 7.04. The lowest BCUT2D eigenvalue weighted by atomic mass is 9.73. The third-order valence-corrected chi connectivity index (χ3v) is 7.04. The van der Waals surface area contributed by atoms with Gasteiger partial charge in [0, 0.05) is 38.1 Å². The van der Waals surface area contributed by atoms with Gasteiger partial charge in [-0.3, -0.25) is 14.8 Å². The molecule has 9 heteroatoms. The van der Waals surface area contributed by atoms with Crippen molar-refractivity contribution in [1.82, 2.24) is 15.3 Å². The molecule has 0 radical (unpaired) electrons. The first-order valence-electron chi connectivity index (χ1n) is 10.9.